The topological polar surface area (TPSA) is 41.0 Å². The van der Waals surface area contributed by atoms with Crippen molar-refractivity contribution >= 4 is 21.7 Å². The summed E-state index contributed by atoms with van der Waals surface area (Å²) in [4.78, 5) is 11.6. The van der Waals surface area contributed by atoms with Gasteiger partial charge in [-0.25, -0.2) is 9.97 Å². The summed E-state index contributed by atoms with van der Waals surface area (Å²) >= 11 is 3.50. The molecule has 2 fully saturated rings. The number of rotatable bonds is 5. The van der Waals surface area contributed by atoms with Crippen molar-refractivity contribution in [3.05, 3.63) is 52.4 Å². The Hall–Kier alpha value is -1.46. The smallest absolute Gasteiger partial charge is 0.133 e. The molecule has 1 aliphatic heterocycles. The van der Waals surface area contributed by atoms with Crippen LogP contribution in [0.1, 0.15) is 43.0 Å². The highest BCUT2D eigenvalue weighted by Crippen LogP contribution is 2.38. The summed E-state index contributed by atoms with van der Waals surface area (Å²) in [7, 11) is 0. The maximum absolute atomic E-state index is 4.70. The van der Waals surface area contributed by atoms with E-state index in [1.165, 1.54) is 37.8 Å². The highest BCUT2D eigenvalue weighted by atomic mass is 79.9. The van der Waals surface area contributed by atoms with Crippen molar-refractivity contribution in [1.82, 2.24) is 14.9 Å². The van der Waals surface area contributed by atoms with Gasteiger partial charge in [-0.05, 0) is 56.0 Å². The number of anilines is 1. The normalized spacial score (nSPS) is 21.6. The third-order valence-corrected chi connectivity index (χ3v) is 5.32. The molecule has 0 amide bonds. The van der Waals surface area contributed by atoms with E-state index in [0.29, 0.717) is 12.0 Å². The van der Waals surface area contributed by atoms with Crippen molar-refractivity contribution < 1.29 is 0 Å². The average molecular weight is 387 g/mol. The van der Waals surface area contributed by atoms with Crippen LogP contribution in [0.5, 0.6) is 0 Å². The van der Waals surface area contributed by atoms with Gasteiger partial charge in [-0.15, -0.1) is 0 Å². The van der Waals surface area contributed by atoms with Gasteiger partial charge in [0.2, 0.25) is 0 Å². The summed E-state index contributed by atoms with van der Waals surface area (Å²) in [5, 5.41) is 3.63. The third kappa shape index (κ3) is 4.14. The zero-order valence-corrected chi connectivity index (χ0v) is 15.4. The Morgan fingerprint density at radius 2 is 1.96 bits per heavy atom. The molecule has 1 aliphatic carbocycles. The number of aromatic nitrogens is 2. The molecule has 1 unspecified atom stereocenters. The number of nitrogens with one attached hydrogen (secondary N) is 1. The largest absolute Gasteiger partial charge is 0.366 e. The molecule has 2 aromatic rings. The fourth-order valence-corrected chi connectivity index (χ4v) is 3.63. The maximum atomic E-state index is 4.70. The van der Waals surface area contributed by atoms with E-state index in [9.17, 15) is 0 Å². The number of piperidine rings is 1. The summed E-state index contributed by atoms with van der Waals surface area (Å²) in [5.41, 5.74) is 1.37. The van der Waals surface area contributed by atoms with Crippen LogP contribution in [0, 0.1) is 0 Å². The van der Waals surface area contributed by atoms with Crippen molar-refractivity contribution in [3.63, 3.8) is 0 Å². The van der Waals surface area contributed by atoms with Crippen molar-refractivity contribution in [2.45, 2.75) is 44.2 Å². The Morgan fingerprint density at radius 1 is 1.12 bits per heavy atom. The summed E-state index contributed by atoms with van der Waals surface area (Å²) in [6, 6.07) is 11.1. The monoisotopic (exact) mass is 386 g/mol. The second kappa shape index (κ2) is 7.19. The lowest BCUT2D eigenvalue weighted by Gasteiger charge is -2.33. The SMILES string of the molecule is Brc1ccc(CN2CCCC(Nc3ccnc(C4CC4)n3)C2)cc1. The van der Waals surface area contributed by atoms with Gasteiger partial charge in [0.25, 0.3) is 0 Å². The van der Waals surface area contributed by atoms with E-state index in [-0.39, 0.29) is 0 Å². The second-order valence-corrected chi connectivity index (χ2v) is 7.84. The number of hydrogen-bond acceptors (Lipinski definition) is 4. The second-order valence-electron chi connectivity index (χ2n) is 6.92. The summed E-state index contributed by atoms with van der Waals surface area (Å²) in [6.07, 6.45) is 6.82. The first-order valence-corrected chi connectivity index (χ1v) is 9.62. The van der Waals surface area contributed by atoms with Crippen molar-refractivity contribution in [1.29, 1.82) is 0 Å². The molecule has 126 valence electrons. The Balaban J connectivity index is 1.36. The number of nitrogens with zero attached hydrogens (tertiary/aromatic N) is 3. The Bertz CT molecular complexity index is 684. The Kier molecular flexibility index (Phi) is 4.81. The van der Waals surface area contributed by atoms with E-state index in [2.05, 4.69) is 55.4 Å². The lowest BCUT2D eigenvalue weighted by Crippen LogP contribution is -2.41. The predicted molar refractivity (Wildman–Crippen MR) is 100 cm³/mol. The molecule has 1 atom stereocenters. The van der Waals surface area contributed by atoms with Crippen LogP contribution in [-0.2, 0) is 6.54 Å². The highest BCUT2D eigenvalue weighted by molar-refractivity contribution is 9.10. The van der Waals surface area contributed by atoms with Gasteiger partial charge in [-0.3, -0.25) is 4.90 Å². The van der Waals surface area contributed by atoms with Crippen LogP contribution in [0.3, 0.4) is 0 Å². The van der Waals surface area contributed by atoms with Gasteiger partial charge < -0.3 is 5.32 Å². The van der Waals surface area contributed by atoms with E-state index in [1.54, 1.807) is 0 Å². The molecule has 2 heterocycles. The van der Waals surface area contributed by atoms with E-state index in [0.717, 1.165) is 29.2 Å². The fraction of sp³-hybridized carbons (Fsp3) is 0.474. The lowest BCUT2D eigenvalue weighted by atomic mass is 10.0. The number of likely N-dealkylation sites (tertiary alicyclic amines) is 1. The summed E-state index contributed by atoms with van der Waals surface area (Å²) < 4.78 is 1.14. The number of benzene rings is 1. The minimum atomic E-state index is 0.469. The van der Waals surface area contributed by atoms with Gasteiger partial charge in [-0.2, -0.15) is 0 Å². The molecule has 2 aliphatic rings. The summed E-state index contributed by atoms with van der Waals surface area (Å²) in [6.45, 7) is 3.26. The van der Waals surface area contributed by atoms with Gasteiger partial charge in [0.1, 0.15) is 11.6 Å². The highest BCUT2D eigenvalue weighted by Gasteiger charge is 2.27. The van der Waals surface area contributed by atoms with Crippen LogP contribution in [0.4, 0.5) is 5.82 Å². The van der Waals surface area contributed by atoms with Gasteiger partial charge in [0.15, 0.2) is 0 Å². The van der Waals surface area contributed by atoms with Crippen LogP contribution in [-0.4, -0.2) is 34.0 Å². The molecule has 24 heavy (non-hydrogen) atoms. The third-order valence-electron chi connectivity index (χ3n) is 4.79. The molecule has 4 rings (SSSR count). The van der Waals surface area contributed by atoms with Crippen LogP contribution < -0.4 is 5.32 Å². The zero-order chi connectivity index (χ0) is 16.4. The average Bonchev–Trinajstić information content (AvgIpc) is 3.43. The van der Waals surface area contributed by atoms with Crippen molar-refractivity contribution in [3.8, 4) is 0 Å². The van der Waals surface area contributed by atoms with Crippen LogP contribution in [0.2, 0.25) is 0 Å². The van der Waals surface area contributed by atoms with E-state index >= 15 is 0 Å². The van der Waals surface area contributed by atoms with E-state index in [4.69, 9.17) is 4.98 Å². The predicted octanol–water partition coefficient (Wildman–Crippen LogP) is 4.19. The first-order valence-electron chi connectivity index (χ1n) is 8.82. The standard InChI is InChI=1S/C19H23BrN4/c20-16-7-3-14(4-8-16)12-24-11-1-2-17(13-24)22-18-9-10-21-19(23-18)15-5-6-15/h3-4,7-10,15,17H,1-2,5-6,11-13H2,(H,21,22,23). The zero-order valence-electron chi connectivity index (χ0n) is 13.8. The van der Waals surface area contributed by atoms with Gasteiger partial charge in [0.05, 0.1) is 0 Å². The molecule has 0 spiro atoms. The molecule has 0 bridgehead atoms. The van der Waals surface area contributed by atoms with E-state index < -0.39 is 0 Å². The number of hydrogen-bond donors (Lipinski definition) is 1. The molecule has 5 heteroatoms. The molecule has 0 radical (unpaired) electrons. The minimum Gasteiger partial charge on any atom is -0.366 e. The molecule has 4 nitrogen and oxygen atoms in total. The van der Waals surface area contributed by atoms with Gasteiger partial charge >= 0.3 is 0 Å². The van der Waals surface area contributed by atoms with Gasteiger partial charge in [-0.1, -0.05) is 28.1 Å². The molecular formula is C19H23BrN4. The van der Waals surface area contributed by atoms with Crippen molar-refractivity contribution in [2.24, 2.45) is 0 Å². The fourth-order valence-electron chi connectivity index (χ4n) is 3.37. The molecule has 1 saturated carbocycles. The summed E-state index contributed by atoms with van der Waals surface area (Å²) in [5.74, 6) is 2.61. The molecular weight excluding hydrogens is 364 g/mol. The van der Waals surface area contributed by atoms with Crippen LogP contribution >= 0.6 is 15.9 Å². The first-order chi connectivity index (χ1) is 11.8. The quantitative estimate of drug-likeness (QED) is 0.835. The Labute approximate surface area is 151 Å². The maximum Gasteiger partial charge on any atom is 0.133 e. The minimum absolute atomic E-state index is 0.469. The van der Waals surface area contributed by atoms with E-state index in [1.807, 2.05) is 12.3 Å². The lowest BCUT2D eigenvalue weighted by molar-refractivity contribution is 0.208. The molecule has 1 N–H and O–H groups in total. The van der Waals surface area contributed by atoms with Crippen LogP contribution in [0.25, 0.3) is 0 Å². The van der Waals surface area contributed by atoms with Crippen molar-refractivity contribution in [2.75, 3.05) is 18.4 Å². The molecule has 1 saturated heterocycles. The van der Waals surface area contributed by atoms with Gasteiger partial charge in [0, 0.05) is 35.7 Å². The first kappa shape index (κ1) is 16.0. The number of halogens is 1. The molecule has 1 aromatic carbocycles. The Morgan fingerprint density at radius 3 is 2.75 bits per heavy atom. The van der Waals surface area contributed by atoms with Crippen LogP contribution in [0.15, 0.2) is 41.0 Å². The molecule has 1 aromatic heterocycles.